The number of nitro benzene ring substituents is 1. The number of esters is 1. The van der Waals surface area contributed by atoms with Gasteiger partial charge in [0.15, 0.2) is 11.5 Å². The Bertz CT molecular complexity index is 1310. The van der Waals surface area contributed by atoms with Crippen LogP contribution in [0.2, 0.25) is 0 Å². The van der Waals surface area contributed by atoms with Gasteiger partial charge < -0.3 is 14.8 Å². The van der Waals surface area contributed by atoms with Gasteiger partial charge in [-0.25, -0.2) is 4.79 Å². The number of rotatable bonds is 7. The monoisotopic (exact) mass is 457 g/mol. The van der Waals surface area contributed by atoms with Crippen LogP contribution in [0.25, 0.3) is 6.08 Å². The predicted molar refractivity (Wildman–Crippen MR) is 124 cm³/mol. The number of nitrogens with zero attached hydrogens (tertiary/aromatic N) is 2. The van der Waals surface area contributed by atoms with Gasteiger partial charge in [0, 0.05) is 17.8 Å². The summed E-state index contributed by atoms with van der Waals surface area (Å²) in [6.07, 6.45) is 1.34. The Morgan fingerprint density at radius 3 is 2.29 bits per heavy atom. The van der Waals surface area contributed by atoms with Gasteiger partial charge in [0.25, 0.3) is 11.6 Å². The van der Waals surface area contributed by atoms with Crippen molar-refractivity contribution in [2.24, 2.45) is 0 Å². The molecular formula is C25H19N3O6. The molecule has 9 heteroatoms. The highest BCUT2D eigenvalue weighted by atomic mass is 16.6. The summed E-state index contributed by atoms with van der Waals surface area (Å²) < 4.78 is 10.7. The number of methoxy groups -OCH3 is 1. The molecule has 3 aromatic rings. The summed E-state index contributed by atoms with van der Waals surface area (Å²) in [5.41, 5.74) is 1.83. The van der Waals surface area contributed by atoms with Crippen molar-refractivity contribution in [1.29, 1.82) is 5.26 Å². The van der Waals surface area contributed by atoms with Crippen molar-refractivity contribution >= 4 is 29.3 Å². The lowest BCUT2D eigenvalue weighted by Gasteiger charge is -2.10. The molecule has 9 nitrogen and oxygen atoms in total. The Labute approximate surface area is 195 Å². The number of nitriles is 1. The third-order valence-electron chi connectivity index (χ3n) is 4.69. The molecule has 0 aliphatic heterocycles. The first-order valence-corrected chi connectivity index (χ1v) is 9.95. The van der Waals surface area contributed by atoms with Crippen LogP contribution in [0.5, 0.6) is 11.5 Å². The van der Waals surface area contributed by atoms with Crippen LogP contribution in [0.4, 0.5) is 11.4 Å². The fraction of sp³-hybridized carbons (Fsp3) is 0.0800. The number of carbonyl (C=O) groups is 2. The summed E-state index contributed by atoms with van der Waals surface area (Å²) >= 11 is 0. The number of hydrogen-bond acceptors (Lipinski definition) is 7. The van der Waals surface area contributed by atoms with Gasteiger partial charge in [-0.05, 0) is 55.0 Å². The van der Waals surface area contributed by atoms with E-state index in [-0.39, 0.29) is 22.8 Å². The highest BCUT2D eigenvalue weighted by molar-refractivity contribution is 6.09. The van der Waals surface area contributed by atoms with E-state index in [1.54, 1.807) is 30.3 Å². The third-order valence-corrected chi connectivity index (χ3v) is 4.69. The van der Waals surface area contributed by atoms with Crippen LogP contribution in [0.3, 0.4) is 0 Å². The largest absolute Gasteiger partial charge is 0.493 e. The van der Waals surface area contributed by atoms with Crippen LogP contribution >= 0.6 is 0 Å². The maximum absolute atomic E-state index is 12.5. The molecule has 0 atom stereocenters. The maximum Gasteiger partial charge on any atom is 0.343 e. The van der Waals surface area contributed by atoms with E-state index >= 15 is 0 Å². The van der Waals surface area contributed by atoms with Gasteiger partial charge >= 0.3 is 5.97 Å². The Balaban J connectivity index is 1.77. The van der Waals surface area contributed by atoms with Crippen molar-refractivity contribution in [3.05, 3.63) is 99.1 Å². The fourth-order valence-electron chi connectivity index (χ4n) is 2.89. The van der Waals surface area contributed by atoms with Gasteiger partial charge in [0.2, 0.25) is 0 Å². The molecule has 34 heavy (non-hydrogen) atoms. The van der Waals surface area contributed by atoms with Crippen LogP contribution in [0.1, 0.15) is 21.5 Å². The number of amides is 1. The van der Waals surface area contributed by atoms with E-state index in [1.165, 1.54) is 49.6 Å². The van der Waals surface area contributed by atoms with Gasteiger partial charge in [0.05, 0.1) is 17.6 Å². The summed E-state index contributed by atoms with van der Waals surface area (Å²) in [5, 5.41) is 22.7. The molecule has 1 amide bonds. The fourth-order valence-corrected chi connectivity index (χ4v) is 2.89. The van der Waals surface area contributed by atoms with Gasteiger partial charge in [0.1, 0.15) is 11.6 Å². The zero-order valence-electron chi connectivity index (χ0n) is 18.3. The first-order valence-electron chi connectivity index (χ1n) is 9.95. The maximum atomic E-state index is 12.5. The highest BCUT2D eigenvalue weighted by Gasteiger charge is 2.15. The summed E-state index contributed by atoms with van der Waals surface area (Å²) in [7, 11) is 1.40. The molecule has 0 fully saturated rings. The summed E-state index contributed by atoms with van der Waals surface area (Å²) in [6, 6.07) is 18.5. The smallest absolute Gasteiger partial charge is 0.343 e. The van der Waals surface area contributed by atoms with Crippen molar-refractivity contribution in [3.8, 4) is 17.6 Å². The summed E-state index contributed by atoms with van der Waals surface area (Å²) in [6.45, 7) is 1.91. The number of non-ortho nitro benzene ring substituents is 1. The highest BCUT2D eigenvalue weighted by Crippen LogP contribution is 2.30. The molecule has 0 aromatic heterocycles. The second-order valence-electron chi connectivity index (χ2n) is 7.09. The van der Waals surface area contributed by atoms with E-state index < -0.39 is 16.8 Å². The second kappa shape index (κ2) is 10.6. The lowest BCUT2D eigenvalue weighted by Crippen LogP contribution is -2.13. The number of ether oxygens (including phenoxy) is 2. The van der Waals surface area contributed by atoms with E-state index in [1.807, 2.05) is 13.0 Å². The molecule has 0 saturated heterocycles. The molecule has 3 aromatic carbocycles. The van der Waals surface area contributed by atoms with Crippen molar-refractivity contribution in [1.82, 2.24) is 0 Å². The Morgan fingerprint density at radius 1 is 1.03 bits per heavy atom. The average molecular weight is 457 g/mol. The molecule has 0 bridgehead atoms. The Kier molecular flexibility index (Phi) is 7.36. The molecule has 0 spiro atoms. The Morgan fingerprint density at radius 2 is 1.71 bits per heavy atom. The lowest BCUT2D eigenvalue weighted by molar-refractivity contribution is -0.384. The van der Waals surface area contributed by atoms with Crippen LogP contribution in [-0.4, -0.2) is 23.9 Å². The minimum Gasteiger partial charge on any atom is -0.493 e. The van der Waals surface area contributed by atoms with Gasteiger partial charge in [-0.2, -0.15) is 5.26 Å². The molecule has 0 aliphatic carbocycles. The Hall–Kier alpha value is -4.97. The van der Waals surface area contributed by atoms with E-state index in [0.29, 0.717) is 16.8 Å². The van der Waals surface area contributed by atoms with Crippen molar-refractivity contribution < 1.29 is 24.0 Å². The van der Waals surface area contributed by atoms with Crippen molar-refractivity contribution in [2.45, 2.75) is 6.92 Å². The molecule has 170 valence electrons. The minimum absolute atomic E-state index is 0.121. The van der Waals surface area contributed by atoms with Crippen molar-refractivity contribution in [3.63, 3.8) is 0 Å². The molecule has 0 radical (unpaired) electrons. The topological polar surface area (TPSA) is 132 Å². The standard InChI is InChI=1S/C25H19N3O6/c1-16-3-6-18(7-4-16)25(30)34-22-12-5-17(14-23(22)33-2)13-19(15-26)24(29)27-20-8-10-21(11-9-20)28(31)32/h3-14H,1-2H3,(H,27,29). The molecule has 0 aliphatic rings. The normalized spacial score (nSPS) is 10.7. The van der Waals surface area contributed by atoms with Gasteiger partial charge in [-0.3, -0.25) is 14.9 Å². The van der Waals surface area contributed by atoms with E-state index in [9.17, 15) is 25.0 Å². The van der Waals surface area contributed by atoms with Crippen LogP contribution in [0, 0.1) is 28.4 Å². The first-order chi connectivity index (χ1) is 16.3. The SMILES string of the molecule is COc1cc(C=C(C#N)C(=O)Nc2ccc([N+](=O)[O-])cc2)ccc1OC(=O)c1ccc(C)cc1. The van der Waals surface area contributed by atoms with Crippen molar-refractivity contribution in [2.75, 3.05) is 12.4 Å². The molecule has 0 heterocycles. The van der Waals surface area contributed by atoms with Gasteiger partial charge in [-0.1, -0.05) is 23.8 Å². The third kappa shape index (κ3) is 5.83. The number of hydrogen-bond donors (Lipinski definition) is 1. The molecular weight excluding hydrogens is 438 g/mol. The molecule has 1 N–H and O–H groups in total. The number of anilines is 1. The number of carbonyl (C=O) groups excluding carboxylic acids is 2. The van der Waals surface area contributed by atoms with Crippen LogP contribution in [0.15, 0.2) is 72.3 Å². The summed E-state index contributed by atoms with van der Waals surface area (Å²) in [5.74, 6) is -0.826. The number of benzene rings is 3. The first kappa shape index (κ1) is 23.7. The predicted octanol–water partition coefficient (Wildman–Crippen LogP) is 4.68. The zero-order chi connectivity index (χ0) is 24.7. The zero-order valence-corrected chi connectivity index (χ0v) is 18.3. The van der Waals surface area contributed by atoms with Crippen LogP contribution < -0.4 is 14.8 Å². The van der Waals surface area contributed by atoms with E-state index in [4.69, 9.17) is 9.47 Å². The van der Waals surface area contributed by atoms with Crippen LogP contribution in [-0.2, 0) is 4.79 Å². The quantitative estimate of drug-likeness (QED) is 0.136. The molecule has 0 unspecified atom stereocenters. The number of nitrogens with one attached hydrogen (secondary N) is 1. The lowest BCUT2D eigenvalue weighted by atomic mass is 10.1. The van der Waals surface area contributed by atoms with E-state index in [2.05, 4.69) is 5.32 Å². The number of nitro groups is 1. The second-order valence-corrected chi connectivity index (χ2v) is 7.09. The number of aryl methyl sites for hydroxylation is 1. The average Bonchev–Trinajstić information content (AvgIpc) is 2.83. The molecule has 3 rings (SSSR count). The minimum atomic E-state index is -0.690. The van der Waals surface area contributed by atoms with E-state index in [0.717, 1.165) is 5.56 Å². The molecule has 0 saturated carbocycles. The van der Waals surface area contributed by atoms with Gasteiger partial charge in [-0.15, -0.1) is 0 Å². The summed E-state index contributed by atoms with van der Waals surface area (Å²) in [4.78, 5) is 35.1.